The van der Waals surface area contributed by atoms with Gasteiger partial charge in [0.1, 0.15) is 0 Å². The van der Waals surface area contributed by atoms with Crippen molar-refractivity contribution in [1.29, 1.82) is 0 Å². The zero-order valence-corrected chi connectivity index (χ0v) is 18.1. The van der Waals surface area contributed by atoms with Gasteiger partial charge in [-0.05, 0) is 68.8 Å². The second-order valence-electron chi connectivity index (χ2n) is 7.98. The monoisotopic (exact) mass is 400 g/mol. The molecule has 3 rings (SSSR count). The average molecular weight is 401 g/mol. The summed E-state index contributed by atoms with van der Waals surface area (Å²) in [6.45, 7) is 9.46. The van der Waals surface area contributed by atoms with Gasteiger partial charge >= 0.3 is 0 Å². The quantitative estimate of drug-likeness (QED) is 0.678. The Kier molecular flexibility index (Phi) is 6.91. The van der Waals surface area contributed by atoms with E-state index in [2.05, 4.69) is 33.9 Å². The Labute approximate surface area is 170 Å². The van der Waals surface area contributed by atoms with Crippen LogP contribution >= 0.6 is 0 Å². The lowest BCUT2D eigenvalue weighted by Crippen LogP contribution is -2.31. The van der Waals surface area contributed by atoms with Crippen LogP contribution in [0.4, 0.5) is 0 Å². The summed E-state index contributed by atoms with van der Waals surface area (Å²) < 4.78 is 28.1. The molecule has 0 aromatic heterocycles. The third-order valence-corrected chi connectivity index (χ3v) is 7.29. The normalized spacial score (nSPS) is 14.8. The van der Waals surface area contributed by atoms with Gasteiger partial charge in [0.2, 0.25) is 10.0 Å². The summed E-state index contributed by atoms with van der Waals surface area (Å²) in [7, 11) is -3.44. The van der Waals surface area contributed by atoms with Crippen LogP contribution < -0.4 is 4.72 Å². The van der Waals surface area contributed by atoms with E-state index in [1.165, 1.54) is 11.1 Å². The molecule has 0 atom stereocenters. The fraction of sp³-hybridized carbons (Fsp3) is 0.478. The van der Waals surface area contributed by atoms with Gasteiger partial charge in [-0.2, -0.15) is 0 Å². The van der Waals surface area contributed by atoms with Crippen molar-refractivity contribution in [3.05, 3.63) is 64.2 Å². The predicted molar refractivity (Wildman–Crippen MR) is 115 cm³/mol. The van der Waals surface area contributed by atoms with Crippen molar-refractivity contribution in [2.24, 2.45) is 0 Å². The molecule has 0 fully saturated rings. The van der Waals surface area contributed by atoms with Crippen LogP contribution in [0.2, 0.25) is 0 Å². The Morgan fingerprint density at radius 3 is 2.36 bits per heavy atom. The third-order valence-electron chi connectivity index (χ3n) is 5.53. The molecular weight excluding hydrogens is 368 g/mol. The summed E-state index contributed by atoms with van der Waals surface area (Å²) in [5.74, 6) is 0. The highest BCUT2D eigenvalue weighted by atomic mass is 32.2. The van der Waals surface area contributed by atoms with Gasteiger partial charge in [-0.3, -0.25) is 4.90 Å². The molecule has 0 radical (unpaired) electrons. The van der Waals surface area contributed by atoms with Gasteiger partial charge < -0.3 is 0 Å². The minimum absolute atomic E-state index is 0.435. The van der Waals surface area contributed by atoms with Crippen LogP contribution in [-0.4, -0.2) is 33.0 Å². The van der Waals surface area contributed by atoms with Crippen LogP contribution in [0.3, 0.4) is 0 Å². The SMILES string of the molecule is Cc1cc(C)c(S(=O)(=O)NCCCCCN2CCc3ccccc3C2)c(C)c1. The Morgan fingerprint density at radius 2 is 1.64 bits per heavy atom. The fourth-order valence-electron chi connectivity index (χ4n) is 4.25. The van der Waals surface area contributed by atoms with Crippen LogP contribution in [0, 0.1) is 20.8 Å². The second-order valence-corrected chi connectivity index (χ2v) is 9.68. The zero-order chi connectivity index (χ0) is 20.1. The van der Waals surface area contributed by atoms with Gasteiger partial charge in [0.05, 0.1) is 4.90 Å². The number of rotatable bonds is 8. The lowest BCUT2D eigenvalue weighted by molar-refractivity contribution is 0.248. The number of benzene rings is 2. The minimum Gasteiger partial charge on any atom is -0.299 e. The van der Waals surface area contributed by atoms with Crippen molar-refractivity contribution >= 4 is 10.0 Å². The molecular formula is C23H32N2O2S. The highest BCUT2D eigenvalue weighted by molar-refractivity contribution is 7.89. The summed E-state index contributed by atoms with van der Waals surface area (Å²) >= 11 is 0. The first-order valence-electron chi connectivity index (χ1n) is 10.2. The number of nitrogens with one attached hydrogen (secondary N) is 1. The Balaban J connectivity index is 1.41. The van der Waals surface area contributed by atoms with Gasteiger partial charge in [0.25, 0.3) is 0 Å². The van der Waals surface area contributed by atoms with Crippen molar-refractivity contribution in [1.82, 2.24) is 9.62 Å². The molecule has 0 bridgehead atoms. The molecule has 28 heavy (non-hydrogen) atoms. The number of nitrogens with zero attached hydrogens (tertiary/aromatic N) is 1. The first kappa shape index (κ1) is 21.0. The van der Waals surface area contributed by atoms with Crippen molar-refractivity contribution in [3.63, 3.8) is 0 Å². The predicted octanol–water partition coefficient (Wildman–Crippen LogP) is 4.12. The van der Waals surface area contributed by atoms with E-state index < -0.39 is 10.0 Å². The highest BCUT2D eigenvalue weighted by Gasteiger charge is 2.19. The van der Waals surface area contributed by atoms with Crippen LogP contribution in [-0.2, 0) is 23.0 Å². The van der Waals surface area contributed by atoms with E-state index in [1.54, 1.807) is 0 Å². The Hall–Kier alpha value is -1.69. The lowest BCUT2D eigenvalue weighted by atomic mass is 10.00. The molecule has 2 aromatic rings. The topological polar surface area (TPSA) is 49.4 Å². The molecule has 4 nitrogen and oxygen atoms in total. The molecule has 2 aromatic carbocycles. The van der Waals surface area contributed by atoms with Crippen LogP contribution in [0.5, 0.6) is 0 Å². The molecule has 0 saturated carbocycles. The molecule has 1 N–H and O–H groups in total. The fourth-order valence-corrected chi connectivity index (χ4v) is 5.77. The number of unbranched alkanes of at least 4 members (excludes halogenated alkanes) is 2. The molecule has 5 heteroatoms. The third kappa shape index (κ3) is 5.22. The van der Waals surface area contributed by atoms with E-state index in [0.29, 0.717) is 11.4 Å². The number of fused-ring (bicyclic) bond motifs is 1. The summed E-state index contributed by atoms with van der Waals surface area (Å²) in [5.41, 5.74) is 5.65. The first-order valence-corrected chi connectivity index (χ1v) is 11.7. The highest BCUT2D eigenvalue weighted by Crippen LogP contribution is 2.22. The number of aryl methyl sites for hydroxylation is 3. The van der Waals surface area contributed by atoms with Gasteiger partial charge in [-0.15, -0.1) is 0 Å². The maximum Gasteiger partial charge on any atom is 0.241 e. The lowest BCUT2D eigenvalue weighted by Gasteiger charge is -2.28. The molecule has 0 unspecified atom stereocenters. The summed E-state index contributed by atoms with van der Waals surface area (Å²) in [4.78, 5) is 2.94. The van der Waals surface area contributed by atoms with E-state index in [-0.39, 0.29) is 0 Å². The molecule has 0 amide bonds. The first-order chi connectivity index (χ1) is 13.4. The number of hydrogen-bond donors (Lipinski definition) is 1. The summed E-state index contributed by atoms with van der Waals surface area (Å²) in [6, 6.07) is 12.6. The Bertz CT molecular complexity index is 899. The van der Waals surface area contributed by atoms with Crippen LogP contribution in [0.15, 0.2) is 41.3 Å². The maximum absolute atomic E-state index is 12.7. The molecule has 152 valence electrons. The van der Waals surface area contributed by atoms with E-state index in [9.17, 15) is 8.42 Å². The van der Waals surface area contributed by atoms with Crippen molar-refractivity contribution in [2.75, 3.05) is 19.6 Å². The molecule has 1 aliphatic rings. The van der Waals surface area contributed by atoms with Crippen LogP contribution in [0.1, 0.15) is 47.1 Å². The number of hydrogen-bond acceptors (Lipinski definition) is 3. The zero-order valence-electron chi connectivity index (χ0n) is 17.3. The summed E-state index contributed by atoms with van der Waals surface area (Å²) in [5, 5.41) is 0. The van der Waals surface area contributed by atoms with E-state index in [0.717, 1.165) is 62.0 Å². The molecule has 0 aliphatic carbocycles. The van der Waals surface area contributed by atoms with Crippen molar-refractivity contribution in [3.8, 4) is 0 Å². The van der Waals surface area contributed by atoms with Crippen LogP contribution in [0.25, 0.3) is 0 Å². The minimum atomic E-state index is -3.44. The largest absolute Gasteiger partial charge is 0.299 e. The number of sulfonamides is 1. The van der Waals surface area contributed by atoms with E-state index in [4.69, 9.17) is 0 Å². The van der Waals surface area contributed by atoms with Crippen molar-refractivity contribution in [2.45, 2.75) is 57.9 Å². The van der Waals surface area contributed by atoms with Gasteiger partial charge in [0.15, 0.2) is 0 Å². The van der Waals surface area contributed by atoms with Gasteiger partial charge in [-0.25, -0.2) is 13.1 Å². The molecule has 0 spiro atoms. The van der Waals surface area contributed by atoms with E-state index >= 15 is 0 Å². The second kappa shape index (κ2) is 9.21. The maximum atomic E-state index is 12.7. The average Bonchev–Trinajstić information content (AvgIpc) is 2.63. The standard InChI is InChI=1S/C23H32N2O2S/c1-18-15-19(2)23(20(3)16-18)28(26,27)24-12-7-4-8-13-25-14-11-21-9-5-6-10-22(21)17-25/h5-6,9-10,15-16,24H,4,7-8,11-14,17H2,1-3H3. The summed E-state index contributed by atoms with van der Waals surface area (Å²) in [6.07, 6.45) is 4.14. The smallest absolute Gasteiger partial charge is 0.241 e. The van der Waals surface area contributed by atoms with Gasteiger partial charge in [-0.1, -0.05) is 48.4 Å². The molecule has 1 aliphatic heterocycles. The van der Waals surface area contributed by atoms with E-state index in [1.807, 2.05) is 32.9 Å². The van der Waals surface area contributed by atoms with Crippen molar-refractivity contribution < 1.29 is 8.42 Å². The molecule has 0 saturated heterocycles. The molecule has 1 heterocycles. The van der Waals surface area contributed by atoms with Gasteiger partial charge in [0, 0.05) is 19.6 Å². The Morgan fingerprint density at radius 1 is 0.964 bits per heavy atom.